The molecule has 0 radical (unpaired) electrons. The molecule has 3 aromatic carbocycles. The number of anilines is 1. The molecule has 0 unspecified atom stereocenters. The second kappa shape index (κ2) is 10.4. The number of hydrogen-bond donors (Lipinski definition) is 1. The Labute approximate surface area is 215 Å². The van der Waals surface area contributed by atoms with Crippen LogP contribution in [0.5, 0.6) is 5.75 Å². The maximum atomic E-state index is 13.8. The zero-order valence-electron chi connectivity index (χ0n) is 21.3. The Morgan fingerprint density at radius 3 is 2.57 bits per heavy atom. The molecule has 8 nitrogen and oxygen atoms in total. The fourth-order valence-corrected chi connectivity index (χ4v) is 4.51. The van der Waals surface area contributed by atoms with E-state index in [4.69, 9.17) is 14.5 Å². The van der Waals surface area contributed by atoms with Crippen LogP contribution in [0.2, 0.25) is 0 Å². The second-order valence-electron chi connectivity index (χ2n) is 9.15. The number of carbonyl (C=O) groups is 1. The first-order valence-corrected chi connectivity index (χ1v) is 12.3. The predicted molar refractivity (Wildman–Crippen MR) is 144 cm³/mol. The lowest BCUT2D eigenvalue weighted by Gasteiger charge is -2.30. The topological polar surface area (TPSA) is 85.7 Å². The molecule has 1 aliphatic heterocycles. The van der Waals surface area contributed by atoms with Crippen LogP contribution in [0.15, 0.2) is 65.5 Å². The van der Waals surface area contributed by atoms with Crippen molar-refractivity contribution in [3.8, 4) is 11.4 Å². The third kappa shape index (κ3) is 4.93. The summed E-state index contributed by atoms with van der Waals surface area (Å²) in [5.41, 5.74) is 4.64. The molecular formula is C29H30N4O4. The van der Waals surface area contributed by atoms with Crippen LogP contribution in [-0.2, 0) is 11.3 Å². The van der Waals surface area contributed by atoms with E-state index in [1.54, 1.807) is 29.9 Å². The van der Waals surface area contributed by atoms with Gasteiger partial charge >= 0.3 is 0 Å². The number of para-hydroxylation sites is 1. The zero-order chi connectivity index (χ0) is 25.9. The van der Waals surface area contributed by atoms with Gasteiger partial charge in [-0.1, -0.05) is 24.3 Å². The molecule has 0 saturated carbocycles. The lowest BCUT2D eigenvalue weighted by molar-refractivity contribution is 0.0950. The number of nitrogens with one attached hydrogen (secondary N) is 1. The summed E-state index contributed by atoms with van der Waals surface area (Å²) in [7, 11) is 1.60. The highest BCUT2D eigenvalue weighted by molar-refractivity contribution is 5.97. The van der Waals surface area contributed by atoms with Crippen molar-refractivity contribution in [3.63, 3.8) is 0 Å². The lowest BCUT2D eigenvalue weighted by Crippen LogP contribution is -2.40. The molecule has 8 heteroatoms. The Morgan fingerprint density at radius 2 is 1.81 bits per heavy atom. The molecule has 0 atom stereocenters. The summed E-state index contributed by atoms with van der Waals surface area (Å²) in [6.45, 7) is 6.77. The summed E-state index contributed by atoms with van der Waals surface area (Å²) in [4.78, 5) is 33.8. The van der Waals surface area contributed by atoms with Crippen LogP contribution in [0, 0.1) is 13.8 Å². The molecule has 1 fully saturated rings. The molecule has 4 aromatic rings. The minimum Gasteiger partial charge on any atom is -0.496 e. The van der Waals surface area contributed by atoms with Crippen molar-refractivity contribution in [1.82, 2.24) is 14.9 Å². The minimum atomic E-state index is -0.249. The Morgan fingerprint density at radius 1 is 1.03 bits per heavy atom. The molecule has 0 spiro atoms. The van der Waals surface area contributed by atoms with E-state index in [0.29, 0.717) is 61.0 Å². The van der Waals surface area contributed by atoms with Gasteiger partial charge < -0.3 is 19.7 Å². The van der Waals surface area contributed by atoms with E-state index in [1.807, 2.05) is 56.3 Å². The van der Waals surface area contributed by atoms with Crippen molar-refractivity contribution in [2.45, 2.75) is 20.4 Å². The number of hydrogen-bond acceptors (Lipinski definition) is 6. The Bertz CT molecular complexity index is 1520. The Balaban J connectivity index is 1.54. The maximum absolute atomic E-state index is 13.8. The lowest BCUT2D eigenvalue weighted by atomic mass is 10.1. The maximum Gasteiger partial charge on any atom is 0.267 e. The Kier molecular flexibility index (Phi) is 6.92. The highest BCUT2D eigenvalue weighted by Crippen LogP contribution is 2.23. The normalized spacial score (nSPS) is 13.5. The highest BCUT2D eigenvalue weighted by Gasteiger charge is 2.21. The van der Waals surface area contributed by atoms with Gasteiger partial charge in [0.25, 0.3) is 11.5 Å². The molecule has 1 aromatic heterocycles. The number of aromatic nitrogens is 2. The van der Waals surface area contributed by atoms with Gasteiger partial charge in [-0.3, -0.25) is 9.59 Å². The van der Waals surface area contributed by atoms with E-state index in [-0.39, 0.29) is 11.5 Å². The average Bonchev–Trinajstić information content (AvgIpc) is 2.93. The molecule has 190 valence electrons. The molecule has 1 aliphatic rings. The van der Waals surface area contributed by atoms with Crippen LogP contribution >= 0.6 is 0 Å². The predicted octanol–water partition coefficient (Wildman–Crippen LogP) is 3.78. The fourth-order valence-electron chi connectivity index (χ4n) is 4.51. The van der Waals surface area contributed by atoms with Crippen LogP contribution in [0.3, 0.4) is 0 Å². The van der Waals surface area contributed by atoms with Gasteiger partial charge in [-0.15, -0.1) is 0 Å². The van der Waals surface area contributed by atoms with Crippen LogP contribution in [0.1, 0.15) is 27.0 Å². The number of ether oxygens (including phenoxy) is 2. The van der Waals surface area contributed by atoms with Crippen LogP contribution in [0.4, 0.5) is 5.95 Å². The first-order chi connectivity index (χ1) is 18.0. The molecular weight excluding hydrogens is 468 g/mol. The molecule has 37 heavy (non-hydrogen) atoms. The van der Waals surface area contributed by atoms with Gasteiger partial charge in [0, 0.05) is 30.8 Å². The number of morpholine rings is 1. The molecule has 1 amide bonds. The third-order valence-corrected chi connectivity index (χ3v) is 6.79. The van der Waals surface area contributed by atoms with E-state index in [0.717, 1.165) is 22.4 Å². The van der Waals surface area contributed by atoms with E-state index in [2.05, 4.69) is 10.2 Å². The van der Waals surface area contributed by atoms with E-state index in [1.165, 1.54) is 0 Å². The number of fused-ring (bicyclic) bond motifs is 1. The fraction of sp³-hybridized carbons (Fsp3) is 0.276. The smallest absolute Gasteiger partial charge is 0.267 e. The average molecular weight is 499 g/mol. The van der Waals surface area contributed by atoms with Crippen LogP contribution in [-0.4, -0.2) is 48.9 Å². The summed E-state index contributed by atoms with van der Waals surface area (Å²) in [5.74, 6) is 1.02. The third-order valence-electron chi connectivity index (χ3n) is 6.79. The minimum absolute atomic E-state index is 0.171. The summed E-state index contributed by atoms with van der Waals surface area (Å²) >= 11 is 0. The van der Waals surface area contributed by atoms with Crippen molar-refractivity contribution < 1.29 is 14.3 Å². The second-order valence-corrected chi connectivity index (χ2v) is 9.15. The number of benzene rings is 3. The van der Waals surface area contributed by atoms with Crippen molar-refractivity contribution >= 4 is 22.8 Å². The summed E-state index contributed by atoms with van der Waals surface area (Å²) in [5, 5.41) is 3.39. The largest absolute Gasteiger partial charge is 0.496 e. The molecule has 5 rings (SSSR count). The summed E-state index contributed by atoms with van der Waals surface area (Å²) in [6.07, 6.45) is 0. The zero-order valence-corrected chi connectivity index (χ0v) is 21.3. The first kappa shape index (κ1) is 24.5. The van der Waals surface area contributed by atoms with Crippen LogP contribution in [0.25, 0.3) is 16.6 Å². The van der Waals surface area contributed by atoms with Crippen molar-refractivity contribution in [2.24, 2.45) is 0 Å². The number of carbonyl (C=O) groups excluding carboxylic acids is 1. The summed E-state index contributed by atoms with van der Waals surface area (Å²) in [6, 6.07) is 18.6. The van der Waals surface area contributed by atoms with Gasteiger partial charge in [-0.2, -0.15) is 0 Å². The van der Waals surface area contributed by atoms with Crippen LogP contribution < -0.4 is 20.5 Å². The van der Waals surface area contributed by atoms with Gasteiger partial charge in [0.2, 0.25) is 5.95 Å². The van der Waals surface area contributed by atoms with Gasteiger partial charge in [0.05, 0.1) is 36.9 Å². The molecule has 2 heterocycles. The Hall–Kier alpha value is -4.17. The SMILES string of the molecule is COc1ccccc1CNC(=O)c1ccc2c(=O)n(-c3ccc(C)c(C)c3)c(N3CCOCC3)nc2c1. The first-order valence-electron chi connectivity index (χ1n) is 12.3. The number of aryl methyl sites for hydroxylation is 2. The molecule has 0 bridgehead atoms. The van der Waals surface area contributed by atoms with Crippen molar-refractivity contribution in [3.05, 3.63) is 93.3 Å². The van der Waals surface area contributed by atoms with E-state index >= 15 is 0 Å². The van der Waals surface area contributed by atoms with Gasteiger partial charge in [-0.05, 0) is 61.4 Å². The molecule has 1 N–H and O–H groups in total. The molecule has 1 saturated heterocycles. The van der Waals surface area contributed by atoms with Gasteiger partial charge in [0.15, 0.2) is 0 Å². The van der Waals surface area contributed by atoms with E-state index < -0.39 is 0 Å². The number of rotatable bonds is 6. The monoisotopic (exact) mass is 498 g/mol. The van der Waals surface area contributed by atoms with Crippen molar-refractivity contribution in [2.75, 3.05) is 38.3 Å². The van der Waals surface area contributed by atoms with E-state index in [9.17, 15) is 9.59 Å². The number of amides is 1. The van der Waals surface area contributed by atoms with Gasteiger partial charge in [0.1, 0.15) is 5.75 Å². The summed E-state index contributed by atoms with van der Waals surface area (Å²) < 4.78 is 12.6. The number of methoxy groups -OCH3 is 1. The highest BCUT2D eigenvalue weighted by atomic mass is 16.5. The standard InChI is InChI=1S/C29H30N4O4/c1-19-8-10-23(16-20(19)2)33-28(35)24-11-9-21(17-25(24)31-29(33)32-12-14-37-15-13-32)27(34)30-18-22-6-4-5-7-26(22)36-3/h4-11,16-17H,12-15,18H2,1-3H3,(H,30,34). The quantitative estimate of drug-likeness (QED) is 0.436. The molecule has 0 aliphatic carbocycles. The van der Waals surface area contributed by atoms with Crippen molar-refractivity contribution in [1.29, 1.82) is 0 Å². The van der Waals surface area contributed by atoms with Gasteiger partial charge in [-0.25, -0.2) is 9.55 Å². The number of nitrogens with zero attached hydrogens (tertiary/aromatic N) is 3.